The number of ether oxygens (including phenoxy) is 2. The Labute approximate surface area is 252 Å². The quantitative estimate of drug-likeness (QED) is 0.0338. The van der Waals surface area contributed by atoms with E-state index in [0.717, 1.165) is 44.9 Å². The molecule has 2 atom stereocenters. The van der Waals surface area contributed by atoms with E-state index in [9.17, 15) is 14.3 Å². The number of esters is 1. The number of rotatable bonds is 32. The van der Waals surface area contributed by atoms with E-state index in [1.54, 1.807) is 0 Å². The van der Waals surface area contributed by atoms with Gasteiger partial charge in [-0.25, -0.2) is 4.57 Å². The maximum Gasteiger partial charge on any atom is 0.472 e. The number of nitrogens with two attached hydrogens (primary N) is 1. The second kappa shape index (κ2) is 30.7. The molecular formula is C32H64NO7P. The van der Waals surface area contributed by atoms with Gasteiger partial charge in [-0.15, -0.1) is 0 Å². The summed E-state index contributed by atoms with van der Waals surface area (Å²) in [5.74, 6) is -0.341. The van der Waals surface area contributed by atoms with Gasteiger partial charge in [-0.05, 0) is 38.5 Å². The van der Waals surface area contributed by atoms with Gasteiger partial charge in [0.05, 0.1) is 19.8 Å². The lowest BCUT2D eigenvalue weighted by atomic mass is 10.1. The molecule has 0 saturated heterocycles. The molecule has 0 rings (SSSR count). The third-order valence-electron chi connectivity index (χ3n) is 6.93. The predicted octanol–water partition coefficient (Wildman–Crippen LogP) is 8.80. The molecular weight excluding hydrogens is 541 g/mol. The molecule has 9 heteroatoms. The Kier molecular flexibility index (Phi) is 30.1. The molecule has 0 radical (unpaired) electrons. The number of phosphoric ester groups is 1. The standard InChI is InChI=1S/C32H64NO7P/c1-3-5-7-9-11-13-15-16-17-19-21-23-25-32(34)40-31(30-39-41(35,36)38-28-26-33)29-37-27-24-22-20-18-14-12-10-8-6-4-2/h11,13,31H,3-10,12,14-30,33H2,1-2H3,(H,35,36)/b13-11-. The highest BCUT2D eigenvalue weighted by Gasteiger charge is 2.25. The third-order valence-corrected chi connectivity index (χ3v) is 7.92. The maximum atomic E-state index is 12.4. The van der Waals surface area contributed by atoms with Gasteiger partial charge in [0.15, 0.2) is 0 Å². The first-order valence-corrected chi connectivity index (χ1v) is 18.2. The van der Waals surface area contributed by atoms with Crippen molar-refractivity contribution < 1.29 is 32.8 Å². The van der Waals surface area contributed by atoms with E-state index in [1.165, 1.54) is 83.5 Å². The summed E-state index contributed by atoms with van der Waals surface area (Å²) in [6, 6.07) is 0. The molecule has 8 nitrogen and oxygen atoms in total. The molecule has 0 aliphatic rings. The molecule has 0 saturated carbocycles. The Morgan fingerprint density at radius 1 is 0.707 bits per heavy atom. The minimum absolute atomic E-state index is 0.0945. The van der Waals surface area contributed by atoms with Crippen LogP contribution in [0, 0.1) is 0 Å². The van der Waals surface area contributed by atoms with E-state index in [1.807, 2.05) is 0 Å². The van der Waals surface area contributed by atoms with Gasteiger partial charge in [0.2, 0.25) is 0 Å². The maximum absolute atomic E-state index is 12.4. The highest BCUT2D eigenvalue weighted by atomic mass is 31.2. The van der Waals surface area contributed by atoms with Crippen molar-refractivity contribution in [3.8, 4) is 0 Å². The van der Waals surface area contributed by atoms with Crippen molar-refractivity contribution in [3.63, 3.8) is 0 Å². The molecule has 0 heterocycles. The fourth-order valence-corrected chi connectivity index (χ4v) is 5.23. The summed E-state index contributed by atoms with van der Waals surface area (Å²) in [6.07, 6.45) is 27.9. The number of phosphoric acid groups is 1. The van der Waals surface area contributed by atoms with Gasteiger partial charge in [-0.2, -0.15) is 0 Å². The molecule has 244 valence electrons. The second-order valence-corrected chi connectivity index (χ2v) is 12.5. The van der Waals surface area contributed by atoms with E-state index >= 15 is 0 Å². The number of carbonyl (C=O) groups is 1. The molecule has 0 bridgehead atoms. The highest BCUT2D eigenvalue weighted by Crippen LogP contribution is 2.43. The smallest absolute Gasteiger partial charge is 0.457 e. The predicted molar refractivity (Wildman–Crippen MR) is 169 cm³/mol. The van der Waals surface area contributed by atoms with Gasteiger partial charge in [-0.3, -0.25) is 13.8 Å². The van der Waals surface area contributed by atoms with Crippen LogP contribution in [0.2, 0.25) is 0 Å². The molecule has 3 N–H and O–H groups in total. The van der Waals surface area contributed by atoms with E-state index in [4.69, 9.17) is 24.3 Å². The van der Waals surface area contributed by atoms with Gasteiger partial charge >= 0.3 is 13.8 Å². The molecule has 0 aliphatic heterocycles. The number of allylic oxidation sites excluding steroid dienone is 2. The van der Waals surface area contributed by atoms with E-state index in [2.05, 4.69) is 26.0 Å². The molecule has 0 aromatic rings. The van der Waals surface area contributed by atoms with Crippen LogP contribution >= 0.6 is 7.82 Å². The number of carbonyl (C=O) groups excluding carboxylic acids is 1. The zero-order valence-electron chi connectivity index (χ0n) is 26.5. The van der Waals surface area contributed by atoms with Crippen molar-refractivity contribution in [2.45, 2.75) is 155 Å². The zero-order chi connectivity index (χ0) is 30.3. The van der Waals surface area contributed by atoms with Crippen molar-refractivity contribution in [2.24, 2.45) is 5.73 Å². The Balaban J connectivity index is 4.16. The minimum Gasteiger partial charge on any atom is -0.457 e. The Hall–Kier alpha value is -0.760. The van der Waals surface area contributed by atoms with Crippen LogP contribution in [0.5, 0.6) is 0 Å². The fourth-order valence-electron chi connectivity index (χ4n) is 4.46. The third kappa shape index (κ3) is 30.5. The lowest BCUT2D eigenvalue weighted by Gasteiger charge is -2.20. The highest BCUT2D eigenvalue weighted by molar-refractivity contribution is 7.47. The number of hydrogen-bond donors (Lipinski definition) is 2. The number of unbranched alkanes of at least 4 members (excludes halogenated alkanes) is 17. The van der Waals surface area contributed by atoms with E-state index in [-0.39, 0.29) is 32.3 Å². The average molecular weight is 606 g/mol. The summed E-state index contributed by atoms with van der Waals surface area (Å²) in [5, 5.41) is 0. The van der Waals surface area contributed by atoms with Gasteiger partial charge in [-0.1, -0.05) is 116 Å². The summed E-state index contributed by atoms with van der Waals surface area (Å²) < 4.78 is 33.1. The Morgan fingerprint density at radius 2 is 1.22 bits per heavy atom. The van der Waals surface area contributed by atoms with Crippen LogP contribution in [-0.4, -0.2) is 49.9 Å². The van der Waals surface area contributed by atoms with E-state index in [0.29, 0.717) is 13.0 Å². The average Bonchev–Trinajstić information content (AvgIpc) is 2.96. The Bertz CT molecular complexity index is 648. The molecule has 0 aliphatic carbocycles. The lowest BCUT2D eigenvalue weighted by molar-refractivity contribution is -0.154. The first-order valence-electron chi connectivity index (χ1n) is 16.7. The summed E-state index contributed by atoms with van der Waals surface area (Å²) in [7, 11) is -4.26. The topological polar surface area (TPSA) is 117 Å². The molecule has 0 aromatic carbocycles. The molecule has 0 spiro atoms. The van der Waals surface area contributed by atoms with Gasteiger partial charge in [0.1, 0.15) is 6.10 Å². The van der Waals surface area contributed by atoms with Crippen LogP contribution in [-0.2, 0) is 27.9 Å². The largest absolute Gasteiger partial charge is 0.472 e. The molecule has 0 fully saturated rings. The summed E-state index contributed by atoms with van der Waals surface area (Å²) in [6.45, 7) is 4.87. The molecule has 0 amide bonds. The Morgan fingerprint density at radius 3 is 1.83 bits per heavy atom. The normalized spacial score (nSPS) is 14.0. The van der Waals surface area contributed by atoms with Crippen LogP contribution in [0.15, 0.2) is 12.2 Å². The summed E-state index contributed by atoms with van der Waals surface area (Å²) >= 11 is 0. The van der Waals surface area contributed by atoms with Crippen molar-refractivity contribution in [3.05, 3.63) is 12.2 Å². The summed E-state index contributed by atoms with van der Waals surface area (Å²) in [5.41, 5.74) is 5.33. The van der Waals surface area contributed by atoms with Crippen LogP contribution < -0.4 is 5.73 Å². The van der Waals surface area contributed by atoms with Crippen molar-refractivity contribution in [1.29, 1.82) is 0 Å². The van der Waals surface area contributed by atoms with E-state index < -0.39 is 13.9 Å². The van der Waals surface area contributed by atoms with Crippen LogP contribution in [0.25, 0.3) is 0 Å². The SMILES string of the molecule is CCCCC/C=C\CCCCCCCC(=O)OC(COCCCCCCCCCCCC)COP(=O)(O)OCCN. The van der Waals surface area contributed by atoms with Gasteiger partial charge in [0.25, 0.3) is 0 Å². The first kappa shape index (κ1) is 40.2. The first-order chi connectivity index (χ1) is 19.9. The monoisotopic (exact) mass is 605 g/mol. The lowest BCUT2D eigenvalue weighted by Crippen LogP contribution is -2.28. The number of hydrogen-bond acceptors (Lipinski definition) is 7. The van der Waals surface area contributed by atoms with Gasteiger partial charge < -0.3 is 20.1 Å². The van der Waals surface area contributed by atoms with Crippen molar-refractivity contribution in [1.82, 2.24) is 0 Å². The second-order valence-electron chi connectivity index (χ2n) is 11.0. The molecule has 2 unspecified atom stereocenters. The minimum atomic E-state index is -4.26. The van der Waals surface area contributed by atoms with Crippen LogP contribution in [0.1, 0.15) is 149 Å². The summed E-state index contributed by atoms with van der Waals surface area (Å²) in [4.78, 5) is 22.2. The fraction of sp³-hybridized carbons (Fsp3) is 0.906. The molecule has 41 heavy (non-hydrogen) atoms. The van der Waals surface area contributed by atoms with Gasteiger partial charge in [0, 0.05) is 19.6 Å². The zero-order valence-corrected chi connectivity index (χ0v) is 27.4. The van der Waals surface area contributed by atoms with Crippen molar-refractivity contribution in [2.75, 3.05) is 33.0 Å². The van der Waals surface area contributed by atoms with Crippen LogP contribution in [0.3, 0.4) is 0 Å². The van der Waals surface area contributed by atoms with Crippen LogP contribution in [0.4, 0.5) is 0 Å². The van der Waals surface area contributed by atoms with Crippen molar-refractivity contribution >= 4 is 13.8 Å². The molecule has 0 aromatic heterocycles.